The Hall–Kier alpha value is -2.63. The number of rotatable bonds is 5. The number of nitrogens with zero attached hydrogens (tertiary/aromatic N) is 3. The van der Waals surface area contributed by atoms with Gasteiger partial charge in [0.05, 0.1) is 6.20 Å². The van der Waals surface area contributed by atoms with Crippen LogP contribution < -0.4 is 10.1 Å². The number of hydrogen-bond acceptors (Lipinski definition) is 5. The van der Waals surface area contributed by atoms with Crippen LogP contribution in [-0.4, -0.2) is 26.7 Å². The SMILES string of the molecule is CCCNc1nc(Oc2ccccc2)c2cn[nH]c2n1. The Kier molecular flexibility index (Phi) is 3.45. The van der Waals surface area contributed by atoms with Crippen molar-refractivity contribution < 1.29 is 4.74 Å². The van der Waals surface area contributed by atoms with Crippen LogP contribution in [0.5, 0.6) is 11.6 Å². The lowest BCUT2D eigenvalue weighted by atomic mass is 10.3. The monoisotopic (exact) mass is 269 g/mol. The first-order chi connectivity index (χ1) is 9.86. The van der Waals surface area contributed by atoms with Crippen molar-refractivity contribution in [2.75, 3.05) is 11.9 Å². The second kappa shape index (κ2) is 5.56. The second-order valence-electron chi connectivity index (χ2n) is 4.33. The Morgan fingerprint density at radius 2 is 2.05 bits per heavy atom. The molecule has 0 aliphatic rings. The molecule has 0 fully saturated rings. The van der Waals surface area contributed by atoms with Crippen LogP contribution in [0.3, 0.4) is 0 Å². The number of para-hydroxylation sites is 1. The maximum absolute atomic E-state index is 5.82. The molecule has 2 heterocycles. The third-order valence-corrected chi connectivity index (χ3v) is 2.77. The number of anilines is 1. The molecule has 0 aliphatic carbocycles. The lowest BCUT2D eigenvalue weighted by Crippen LogP contribution is -2.05. The van der Waals surface area contributed by atoms with Gasteiger partial charge in [0.25, 0.3) is 0 Å². The quantitative estimate of drug-likeness (QED) is 0.744. The molecule has 0 bridgehead atoms. The minimum atomic E-state index is 0.494. The van der Waals surface area contributed by atoms with E-state index in [1.165, 1.54) is 0 Å². The number of nitrogens with one attached hydrogen (secondary N) is 2. The molecule has 6 heteroatoms. The number of ether oxygens (including phenoxy) is 1. The average Bonchev–Trinajstić information content (AvgIpc) is 2.95. The average molecular weight is 269 g/mol. The van der Waals surface area contributed by atoms with E-state index >= 15 is 0 Å². The standard InChI is InChI=1S/C14H15N5O/c1-2-8-15-14-17-12-11(9-16-19-12)13(18-14)20-10-6-4-3-5-7-10/h3-7,9H,2,8H2,1H3,(H2,15,16,17,18,19). The van der Waals surface area contributed by atoms with Crippen LogP contribution in [0.4, 0.5) is 5.95 Å². The molecule has 20 heavy (non-hydrogen) atoms. The van der Waals surface area contributed by atoms with Crippen molar-refractivity contribution in [2.45, 2.75) is 13.3 Å². The predicted octanol–water partition coefficient (Wildman–Crippen LogP) is 2.97. The maximum Gasteiger partial charge on any atom is 0.235 e. The van der Waals surface area contributed by atoms with E-state index in [1.807, 2.05) is 30.3 Å². The summed E-state index contributed by atoms with van der Waals surface area (Å²) in [6, 6.07) is 9.54. The topological polar surface area (TPSA) is 75.7 Å². The summed E-state index contributed by atoms with van der Waals surface area (Å²) in [7, 11) is 0. The molecule has 3 rings (SSSR count). The van der Waals surface area contributed by atoms with Gasteiger partial charge in [0.15, 0.2) is 5.65 Å². The van der Waals surface area contributed by atoms with Crippen LogP contribution in [0.25, 0.3) is 11.0 Å². The van der Waals surface area contributed by atoms with Crippen molar-refractivity contribution in [3.05, 3.63) is 36.5 Å². The van der Waals surface area contributed by atoms with Gasteiger partial charge < -0.3 is 10.1 Å². The van der Waals surface area contributed by atoms with Gasteiger partial charge in [-0.1, -0.05) is 25.1 Å². The van der Waals surface area contributed by atoms with Gasteiger partial charge in [0, 0.05) is 6.54 Å². The third-order valence-electron chi connectivity index (χ3n) is 2.77. The van der Waals surface area contributed by atoms with Gasteiger partial charge in [0.1, 0.15) is 11.1 Å². The number of fused-ring (bicyclic) bond motifs is 1. The highest BCUT2D eigenvalue weighted by atomic mass is 16.5. The summed E-state index contributed by atoms with van der Waals surface area (Å²) >= 11 is 0. The van der Waals surface area contributed by atoms with Crippen LogP contribution in [0.2, 0.25) is 0 Å². The number of hydrogen-bond donors (Lipinski definition) is 2. The largest absolute Gasteiger partial charge is 0.438 e. The van der Waals surface area contributed by atoms with Crippen LogP contribution in [0.15, 0.2) is 36.5 Å². The van der Waals surface area contributed by atoms with E-state index in [2.05, 4.69) is 32.4 Å². The summed E-state index contributed by atoms with van der Waals surface area (Å²) in [4.78, 5) is 8.76. The van der Waals surface area contributed by atoms with Crippen molar-refractivity contribution in [1.82, 2.24) is 20.2 Å². The number of benzene rings is 1. The van der Waals surface area contributed by atoms with Crippen molar-refractivity contribution in [3.63, 3.8) is 0 Å². The Morgan fingerprint density at radius 3 is 2.85 bits per heavy atom. The maximum atomic E-state index is 5.82. The highest BCUT2D eigenvalue weighted by Crippen LogP contribution is 2.27. The molecule has 0 saturated heterocycles. The Balaban J connectivity index is 1.97. The van der Waals surface area contributed by atoms with Gasteiger partial charge in [-0.15, -0.1) is 0 Å². The molecule has 0 aliphatic heterocycles. The van der Waals surface area contributed by atoms with Gasteiger partial charge in [-0.2, -0.15) is 15.1 Å². The second-order valence-corrected chi connectivity index (χ2v) is 4.33. The van der Waals surface area contributed by atoms with E-state index in [0.717, 1.165) is 24.1 Å². The van der Waals surface area contributed by atoms with E-state index in [9.17, 15) is 0 Å². The lowest BCUT2D eigenvalue weighted by molar-refractivity contribution is 0.469. The van der Waals surface area contributed by atoms with Gasteiger partial charge >= 0.3 is 0 Å². The normalized spacial score (nSPS) is 10.7. The smallest absolute Gasteiger partial charge is 0.235 e. The molecule has 1 aromatic carbocycles. The predicted molar refractivity (Wildman–Crippen MR) is 77.0 cm³/mol. The van der Waals surface area contributed by atoms with Crippen LogP contribution >= 0.6 is 0 Å². The molecule has 2 N–H and O–H groups in total. The molecule has 0 unspecified atom stereocenters. The molecule has 0 radical (unpaired) electrons. The molecule has 2 aromatic heterocycles. The molecular weight excluding hydrogens is 254 g/mol. The lowest BCUT2D eigenvalue weighted by Gasteiger charge is -2.08. The van der Waals surface area contributed by atoms with E-state index in [4.69, 9.17) is 4.74 Å². The summed E-state index contributed by atoms with van der Waals surface area (Å²) < 4.78 is 5.82. The minimum Gasteiger partial charge on any atom is -0.438 e. The minimum absolute atomic E-state index is 0.494. The van der Waals surface area contributed by atoms with Gasteiger partial charge in [0.2, 0.25) is 11.8 Å². The fourth-order valence-corrected chi connectivity index (χ4v) is 1.80. The van der Waals surface area contributed by atoms with E-state index < -0.39 is 0 Å². The van der Waals surface area contributed by atoms with Gasteiger partial charge in [-0.05, 0) is 18.6 Å². The molecule has 0 amide bonds. The molecule has 6 nitrogen and oxygen atoms in total. The zero-order valence-corrected chi connectivity index (χ0v) is 11.1. The first kappa shape index (κ1) is 12.4. The molecule has 3 aromatic rings. The van der Waals surface area contributed by atoms with Gasteiger partial charge in [-0.3, -0.25) is 5.10 Å². The summed E-state index contributed by atoms with van der Waals surface area (Å²) in [5.41, 5.74) is 0.657. The van der Waals surface area contributed by atoms with Crippen LogP contribution in [0, 0.1) is 0 Å². The third kappa shape index (κ3) is 2.54. The summed E-state index contributed by atoms with van der Waals surface area (Å²) in [6.07, 6.45) is 2.66. The molecule has 0 atom stereocenters. The van der Waals surface area contributed by atoms with Crippen molar-refractivity contribution in [2.24, 2.45) is 0 Å². The molecule has 0 spiro atoms. The van der Waals surface area contributed by atoms with Gasteiger partial charge in [-0.25, -0.2) is 0 Å². The van der Waals surface area contributed by atoms with Crippen molar-refractivity contribution >= 4 is 17.0 Å². The summed E-state index contributed by atoms with van der Waals surface area (Å²) in [5, 5.41) is 10.7. The Morgan fingerprint density at radius 1 is 1.20 bits per heavy atom. The Bertz CT molecular complexity index is 695. The molecule has 0 saturated carbocycles. The van der Waals surface area contributed by atoms with E-state index in [1.54, 1.807) is 6.20 Å². The fourth-order valence-electron chi connectivity index (χ4n) is 1.80. The number of aromatic amines is 1. The van der Waals surface area contributed by atoms with Crippen molar-refractivity contribution in [3.8, 4) is 11.6 Å². The Labute approximate surface area is 116 Å². The molecule has 102 valence electrons. The summed E-state index contributed by atoms with van der Waals surface area (Å²) in [6.45, 7) is 2.90. The van der Waals surface area contributed by atoms with Crippen LogP contribution in [0.1, 0.15) is 13.3 Å². The highest BCUT2D eigenvalue weighted by Gasteiger charge is 2.11. The number of aromatic nitrogens is 4. The zero-order chi connectivity index (χ0) is 13.8. The molecular formula is C14H15N5O. The van der Waals surface area contributed by atoms with Crippen LogP contribution in [-0.2, 0) is 0 Å². The zero-order valence-electron chi connectivity index (χ0n) is 11.1. The fraction of sp³-hybridized carbons (Fsp3) is 0.214. The first-order valence-corrected chi connectivity index (χ1v) is 6.54. The highest BCUT2D eigenvalue weighted by molar-refractivity contribution is 5.80. The van der Waals surface area contributed by atoms with E-state index in [0.29, 0.717) is 17.5 Å². The van der Waals surface area contributed by atoms with Crippen molar-refractivity contribution in [1.29, 1.82) is 0 Å². The summed E-state index contributed by atoms with van der Waals surface area (Å²) in [5.74, 6) is 1.76. The van der Waals surface area contributed by atoms with E-state index in [-0.39, 0.29) is 0 Å². The first-order valence-electron chi connectivity index (χ1n) is 6.54. The number of H-pyrrole nitrogens is 1.